The smallest absolute Gasteiger partial charge is 0.323 e. The third kappa shape index (κ3) is 5.01. The molecule has 0 spiro atoms. The van der Waals surface area contributed by atoms with Crippen LogP contribution in [0.2, 0.25) is 0 Å². The van der Waals surface area contributed by atoms with E-state index in [1.165, 1.54) is 5.56 Å². The maximum atomic E-state index is 12.8. The van der Waals surface area contributed by atoms with Gasteiger partial charge in [0.25, 0.3) is 0 Å². The molecule has 0 unspecified atom stereocenters. The quantitative estimate of drug-likeness (QED) is 0.390. The first kappa shape index (κ1) is 23.1. The molecule has 8 nitrogen and oxygen atoms in total. The number of hydrogen-bond donors (Lipinski definition) is 2. The van der Waals surface area contributed by atoms with E-state index < -0.39 is 0 Å². The van der Waals surface area contributed by atoms with E-state index in [9.17, 15) is 4.79 Å². The third-order valence-corrected chi connectivity index (χ3v) is 6.54. The van der Waals surface area contributed by atoms with Gasteiger partial charge in [-0.1, -0.05) is 29.8 Å². The molecule has 0 atom stereocenters. The molecular weight excluding hydrogens is 468 g/mol. The number of rotatable bonds is 4. The van der Waals surface area contributed by atoms with Crippen molar-refractivity contribution in [2.45, 2.75) is 6.92 Å². The van der Waals surface area contributed by atoms with Crippen molar-refractivity contribution in [3.05, 3.63) is 72.3 Å². The van der Waals surface area contributed by atoms with E-state index in [4.69, 9.17) is 19.2 Å². The molecule has 37 heavy (non-hydrogen) atoms. The van der Waals surface area contributed by atoms with E-state index >= 15 is 0 Å². The average molecular weight is 497 g/mol. The lowest BCUT2D eigenvalue weighted by molar-refractivity contribution is 0.123. The number of ether oxygens (including phenoxy) is 3. The number of urea groups is 1. The van der Waals surface area contributed by atoms with Gasteiger partial charge in [0.15, 0.2) is 11.5 Å². The van der Waals surface area contributed by atoms with Crippen molar-refractivity contribution in [1.82, 2.24) is 4.98 Å². The highest BCUT2D eigenvalue weighted by molar-refractivity contribution is 6.03. The lowest BCUT2D eigenvalue weighted by Crippen LogP contribution is -2.36. The fourth-order valence-corrected chi connectivity index (χ4v) is 4.64. The van der Waals surface area contributed by atoms with E-state index in [1.54, 1.807) is 18.2 Å². The summed E-state index contributed by atoms with van der Waals surface area (Å²) in [7, 11) is 0. The summed E-state index contributed by atoms with van der Waals surface area (Å²) in [6, 6.07) is 21.4. The summed E-state index contributed by atoms with van der Waals surface area (Å²) < 4.78 is 16.8. The Morgan fingerprint density at radius 3 is 2.30 bits per heavy atom. The highest BCUT2D eigenvalue weighted by Gasteiger charge is 2.18. The molecule has 4 aromatic rings. The number of anilines is 3. The number of morpholine rings is 1. The number of aromatic nitrogens is 1. The maximum Gasteiger partial charge on any atom is 0.323 e. The summed E-state index contributed by atoms with van der Waals surface area (Å²) in [6.07, 6.45) is 0. The van der Waals surface area contributed by atoms with Crippen LogP contribution in [0.5, 0.6) is 11.5 Å². The van der Waals surface area contributed by atoms with Crippen LogP contribution in [0.4, 0.5) is 21.9 Å². The van der Waals surface area contributed by atoms with Gasteiger partial charge in [0.05, 0.1) is 24.4 Å². The predicted octanol–water partition coefficient (Wildman–Crippen LogP) is 5.46. The van der Waals surface area contributed by atoms with Gasteiger partial charge in [-0.2, -0.15) is 0 Å². The lowest BCUT2D eigenvalue weighted by atomic mass is 10.0. The van der Waals surface area contributed by atoms with Gasteiger partial charge in [-0.15, -0.1) is 0 Å². The molecule has 2 aliphatic heterocycles. The molecule has 0 aliphatic carbocycles. The zero-order valence-corrected chi connectivity index (χ0v) is 20.6. The Balaban J connectivity index is 1.29. The van der Waals surface area contributed by atoms with Gasteiger partial charge < -0.3 is 29.7 Å². The number of nitrogens with one attached hydrogen (secondary N) is 2. The van der Waals surface area contributed by atoms with Gasteiger partial charge in [0.2, 0.25) is 0 Å². The first-order valence-corrected chi connectivity index (χ1v) is 12.4. The minimum absolute atomic E-state index is 0.340. The molecule has 1 fully saturated rings. The van der Waals surface area contributed by atoms with E-state index in [2.05, 4.69) is 52.8 Å². The first-order chi connectivity index (χ1) is 18.1. The largest absolute Gasteiger partial charge is 0.486 e. The molecule has 2 N–H and O–H groups in total. The zero-order valence-electron chi connectivity index (χ0n) is 20.6. The van der Waals surface area contributed by atoms with E-state index in [1.807, 2.05) is 18.2 Å². The fraction of sp³-hybridized carbons (Fsp3) is 0.241. The number of nitrogens with zero attached hydrogens (tertiary/aromatic N) is 2. The minimum atomic E-state index is -0.340. The molecule has 3 heterocycles. The summed E-state index contributed by atoms with van der Waals surface area (Å²) in [5.41, 5.74) is 6.47. The second-order valence-electron chi connectivity index (χ2n) is 9.16. The Kier molecular flexibility index (Phi) is 6.24. The first-order valence-electron chi connectivity index (χ1n) is 12.4. The third-order valence-electron chi connectivity index (χ3n) is 6.54. The Bertz CT molecular complexity index is 1450. The molecule has 0 saturated carbocycles. The molecule has 2 amide bonds. The predicted molar refractivity (Wildman–Crippen MR) is 145 cm³/mol. The minimum Gasteiger partial charge on any atom is -0.486 e. The van der Waals surface area contributed by atoms with E-state index in [0.717, 1.165) is 40.9 Å². The van der Waals surface area contributed by atoms with Gasteiger partial charge in [-0.3, -0.25) is 0 Å². The normalized spacial score (nSPS) is 14.9. The molecule has 1 aromatic heterocycles. The molecule has 8 heteroatoms. The Labute approximate surface area is 215 Å². The van der Waals surface area contributed by atoms with E-state index in [0.29, 0.717) is 49.3 Å². The Morgan fingerprint density at radius 1 is 0.811 bits per heavy atom. The van der Waals surface area contributed by atoms with Crippen LogP contribution in [0, 0.1) is 6.92 Å². The van der Waals surface area contributed by atoms with Gasteiger partial charge in [-0.05, 0) is 43.3 Å². The van der Waals surface area contributed by atoms with Crippen molar-refractivity contribution in [2.24, 2.45) is 0 Å². The van der Waals surface area contributed by atoms with Crippen LogP contribution >= 0.6 is 0 Å². The number of carbonyl (C=O) groups excluding carboxylic acids is 1. The molecule has 0 radical (unpaired) electrons. The van der Waals surface area contributed by atoms with Crippen LogP contribution in [0.3, 0.4) is 0 Å². The summed E-state index contributed by atoms with van der Waals surface area (Å²) >= 11 is 0. The standard InChI is InChI=1S/C29H28N4O4/c1-19-2-4-20(5-3-19)25-18-26(33-10-12-35-13-11-33)23-16-21(6-8-24(23)32-25)30-29(34)31-22-7-9-27-28(17-22)37-15-14-36-27/h2-9,16-18H,10-15H2,1H3,(H2,30,31,34). The molecule has 3 aromatic carbocycles. The summed E-state index contributed by atoms with van der Waals surface area (Å²) in [6.45, 7) is 6.05. The maximum absolute atomic E-state index is 12.8. The van der Waals surface area contributed by atoms with E-state index in [-0.39, 0.29) is 6.03 Å². The number of pyridine rings is 1. The fourth-order valence-electron chi connectivity index (χ4n) is 4.64. The molecule has 1 saturated heterocycles. The topological polar surface area (TPSA) is 85.0 Å². The number of carbonyl (C=O) groups is 1. The zero-order chi connectivity index (χ0) is 25.2. The second kappa shape index (κ2) is 9.99. The summed E-state index contributed by atoms with van der Waals surface area (Å²) in [4.78, 5) is 20.1. The van der Waals surface area contributed by atoms with Gasteiger partial charge in [0, 0.05) is 47.2 Å². The second-order valence-corrected chi connectivity index (χ2v) is 9.16. The van der Waals surface area contributed by atoms with Crippen LogP contribution in [0.25, 0.3) is 22.2 Å². The number of amides is 2. The summed E-state index contributed by atoms with van der Waals surface area (Å²) in [5.74, 6) is 1.31. The van der Waals surface area contributed by atoms with Crippen LogP contribution in [-0.4, -0.2) is 50.5 Å². The van der Waals surface area contributed by atoms with Crippen LogP contribution < -0.4 is 25.0 Å². The summed E-state index contributed by atoms with van der Waals surface area (Å²) in [5, 5.41) is 6.81. The number of aryl methyl sites for hydroxylation is 1. The van der Waals surface area contributed by atoms with Crippen molar-refractivity contribution in [3.8, 4) is 22.8 Å². The molecular formula is C29H28N4O4. The van der Waals surface area contributed by atoms with Crippen LogP contribution in [-0.2, 0) is 4.74 Å². The Morgan fingerprint density at radius 2 is 1.51 bits per heavy atom. The monoisotopic (exact) mass is 496 g/mol. The van der Waals surface area contributed by atoms with Crippen molar-refractivity contribution >= 4 is 34.0 Å². The Hall–Kier alpha value is -4.30. The number of hydrogen-bond acceptors (Lipinski definition) is 6. The van der Waals surface area contributed by atoms with Gasteiger partial charge >= 0.3 is 6.03 Å². The number of fused-ring (bicyclic) bond motifs is 2. The molecule has 2 aliphatic rings. The van der Waals surface area contributed by atoms with Crippen molar-refractivity contribution in [1.29, 1.82) is 0 Å². The lowest BCUT2D eigenvalue weighted by Gasteiger charge is -2.30. The highest BCUT2D eigenvalue weighted by atomic mass is 16.6. The van der Waals surface area contributed by atoms with Gasteiger partial charge in [0.1, 0.15) is 13.2 Å². The van der Waals surface area contributed by atoms with Crippen molar-refractivity contribution < 1.29 is 19.0 Å². The molecule has 0 bridgehead atoms. The molecule has 6 rings (SSSR count). The molecule has 188 valence electrons. The number of benzene rings is 3. The van der Waals surface area contributed by atoms with Crippen molar-refractivity contribution in [2.75, 3.05) is 55.1 Å². The van der Waals surface area contributed by atoms with Crippen LogP contribution in [0.15, 0.2) is 66.7 Å². The van der Waals surface area contributed by atoms with Crippen molar-refractivity contribution in [3.63, 3.8) is 0 Å². The highest BCUT2D eigenvalue weighted by Crippen LogP contribution is 2.34. The SMILES string of the molecule is Cc1ccc(-c2cc(N3CCOCC3)c3cc(NC(=O)Nc4ccc5c(c4)OCCO5)ccc3n2)cc1. The average Bonchev–Trinajstić information content (AvgIpc) is 2.93. The van der Waals surface area contributed by atoms with Crippen LogP contribution in [0.1, 0.15) is 5.56 Å². The van der Waals surface area contributed by atoms with Gasteiger partial charge in [-0.25, -0.2) is 9.78 Å².